The van der Waals surface area contributed by atoms with Crippen LogP contribution in [0.3, 0.4) is 0 Å². The normalized spacial score (nSPS) is 11.8. The van der Waals surface area contributed by atoms with E-state index >= 15 is 0 Å². The minimum absolute atomic E-state index is 0.0350. The number of para-hydroxylation sites is 1. The van der Waals surface area contributed by atoms with Gasteiger partial charge < -0.3 is 5.32 Å². The van der Waals surface area contributed by atoms with Crippen molar-refractivity contribution in [3.63, 3.8) is 0 Å². The highest BCUT2D eigenvalue weighted by Crippen LogP contribution is 2.27. The predicted molar refractivity (Wildman–Crippen MR) is 96.6 cm³/mol. The van der Waals surface area contributed by atoms with Gasteiger partial charge in [0.15, 0.2) is 12.4 Å². The Balaban J connectivity index is 1.83. The van der Waals surface area contributed by atoms with Crippen molar-refractivity contribution in [2.24, 2.45) is 0 Å². The average molecular weight is 317 g/mol. The van der Waals surface area contributed by atoms with Gasteiger partial charge in [-0.25, -0.2) is 0 Å². The molecular weight excluding hydrogens is 296 g/mol. The van der Waals surface area contributed by atoms with E-state index < -0.39 is 0 Å². The summed E-state index contributed by atoms with van der Waals surface area (Å²) in [5.41, 5.74) is 4.11. The maximum atomic E-state index is 12.6. The molecule has 0 saturated carbocycles. The van der Waals surface area contributed by atoms with Gasteiger partial charge in [0, 0.05) is 30.3 Å². The van der Waals surface area contributed by atoms with E-state index in [2.05, 4.69) is 5.32 Å². The highest BCUT2D eigenvalue weighted by molar-refractivity contribution is 5.96. The minimum Gasteiger partial charge on any atom is -0.320 e. The summed E-state index contributed by atoms with van der Waals surface area (Å²) in [4.78, 5) is 12.6. The molecule has 24 heavy (non-hydrogen) atoms. The number of pyridine rings is 1. The lowest BCUT2D eigenvalue weighted by atomic mass is 10.0. The SMILES string of the molecule is Cc1cc[n+]([C@@H](C)C(=O)Nc2ccccc2-c2ccccc2)cc1. The first-order chi connectivity index (χ1) is 11.6. The van der Waals surface area contributed by atoms with Crippen LogP contribution in [-0.2, 0) is 4.79 Å². The van der Waals surface area contributed by atoms with Crippen molar-refractivity contribution in [2.45, 2.75) is 19.9 Å². The molecule has 3 rings (SSSR count). The summed E-state index contributed by atoms with van der Waals surface area (Å²) in [6, 6.07) is 21.7. The van der Waals surface area contributed by atoms with E-state index in [4.69, 9.17) is 0 Å². The molecule has 0 saturated heterocycles. The van der Waals surface area contributed by atoms with Crippen LogP contribution in [0.25, 0.3) is 11.1 Å². The molecule has 1 heterocycles. The van der Waals surface area contributed by atoms with Crippen LogP contribution in [0.2, 0.25) is 0 Å². The molecule has 1 amide bonds. The molecule has 0 bridgehead atoms. The number of nitrogens with one attached hydrogen (secondary N) is 1. The molecule has 3 aromatic rings. The highest BCUT2D eigenvalue weighted by Gasteiger charge is 2.22. The zero-order valence-corrected chi connectivity index (χ0v) is 13.9. The second-order valence-corrected chi connectivity index (χ2v) is 5.90. The van der Waals surface area contributed by atoms with E-state index in [0.29, 0.717) is 0 Å². The van der Waals surface area contributed by atoms with Crippen molar-refractivity contribution in [1.29, 1.82) is 0 Å². The van der Waals surface area contributed by atoms with Crippen LogP contribution in [0.5, 0.6) is 0 Å². The predicted octanol–water partition coefficient (Wildman–Crippen LogP) is 4.15. The van der Waals surface area contributed by atoms with Crippen LogP contribution in [0.15, 0.2) is 79.1 Å². The Kier molecular flexibility index (Phi) is 4.71. The number of aryl methyl sites for hydroxylation is 1. The van der Waals surface area contributed by atoms with Gasteiger partial charge in [-0.05, 0) is 24.1 Å². The van der Waals surface area contributed by atoms with Crippen LogP contribution in [-0.4, -0.2) is 5.91 Å². The summed E-state index contributed by atoms with van der Waals surface area (Å²) in [5.74, 6) is -0.0350. The molecule has 1 aromatic heterocycles. The number of aromatic nitrogens is 1. The molecule has 120 valence electrons. The van der Waals surface area contributed by atoms with Crippen molar-refractivity contribution >= 4 is 11.6 Å². The molecule has 0 aliphatic rings. The summed E-state index contributed by atoms with van der Waals surface area (Å²) in [6.45, 7) is 3.93. The van der Waals surface area contributed by atoms with Crippen LogP contribution < -0.4 is 9.88 Å². The Morgan fingerprint density at radius 3 is 2.25 bits per heavy atom. The topological polar surface area (TPSA) is 33.0 Å². The number of carbonyl (C=O) groups excluding carboxylic acids is 1. The van der Waals surface area contributed by atoms with Gasteiger partial charge in [-0.15, -0.1) is 0 Å². The summed E-state index contributed by atoms with van der Waals surface area (Å²) in [5, 5.41) is 3.06. The van der Waals surface area contributed by atoms with Crippen molar-refractivity contribution in [1.82, 2.24) is 0 Å². The smallest absolute Gasteiger partial charge is 0.293 e. The van der Waals surface area contributed by atoms with Crippen molar-refractivity contribution < 1.29 is 9.36 Å². The molecule has 3 heteroatoms. The standard InChI is InChI=1S/C21H20N2O/c1-16-12-14-23(15-13-16)17(2)21(24)22-20-11-7-6-10-19(20)18-8-4-3-5-9-18/h3-15,17H,1-2H3/p+1/t17-/m0/s1. The molecule has 3 nitrogen and oxygen atoms in total. The Morgan fingerprint density at radius 1 is 0.917 bits per heavy atom. The third-order valence-electron chi connectivity index (χ3n) is 4.12. The number of hydrogen-bond acceptors (Lipinski definition) is 1. The Morgan fingerprint density at radius 2 is 1.54 bits per heavy atom. The molecule has 1 N–H and O–H groups in total. The van der Waals surface area contributed by atoms with Crippen LogP contribution in [0.1, 0.15) is 18.5 Å². The van der Waals surface area contributed by atoms with E-state index in [1.54, 1.807) is 0 Å². The number of amides is 1. The second-order valence-electron chi connectivity index (χ2n) is 5.90. The van der Waals surface area contributed by atoms with Gasteiger partial charge in [-0.3, -0.25) is 4.79 Å². The minimum atomic E-state index is -0.283. The average Bonchev–Trinajstić information content (AvgIpc) is 2.63. The third-order valence-corrected chi connectivity index (χ3v) is 4.12. The van der Waals surface area contributed by atoms with Gasteiger partial charge in [-0.2, -0.15) is 4.57 Å². The molecule has 0 aliphatic carbocycles. The zero-order valence-electron chi connectivity index (χ0n) is 13.9. The summed E-state index contributed by atoms with van der Waals surface area (Å²) in [6.07, 6.45) is 3.87. The lowest BCUT2D eigenvalue weighted by molar-refractivity contribution is -0.705. The quantitative estimate of drug-likeness (QED) is 0.721. The Bertz CT molecular complexity index is 826. The lowest BCUT2D eigenvalue weighted by Crippen LogP contribution is -2.44. The van der Waals surface area contributed by atoms with Gasteiger partial charge in [0.1, 0.15) is 0 Å². The van der Waals surface area contributed by atoms with Crippen LogP contribution >= 0.6 is 0 Å². The summed E-state index contributed by atoms with van der Waals surface area (Å²) < 4.78 is 1.91. The fraction of sp³-hybridized carbons (Fsp3) is 0.143. The van der Waals surface area contributed by atoms with Gasteiger partial charge in [0.2, 0.25) is 6.04 Å². The van der Waals surface area contributed by atoms with Crippen molar-refractivity contribution in [2.75, 3.05) is 5.32 Å². The van der Waals surface area contributed by atoms with E-state index in [-0.39, 0.29) is 11.9 Å². The first-order valence-electron chi connectivity index (χ1n) is 8.08. The first-order valence-corrected chi connectivity index (χ1v) is 8.08. The van der Waals surface area contributed by atoms with Crippen molar-refractivity contribution in [3.05, 3.63) is 84.7 Å². The number of carbonyl (C=O) groups is 1. The van der Waals surface area contributed by atoms with Crippen LogP contribution in [0, 0.1) is 6.92 Å². The molecule has 0 radical (unpaired) electrons. The molecular formula is C21H21N2O+. The largest absolute Gasteiger partial charge is 0.320 e. The second kappa shape index (κ2) is 7.09. The van der Waals surface area contributed by atoms with E-state index in [9.17, 15) is 4.79 Å². The highest BCUT2D eigenvalue weighted by atomic mass is 16.2. The first kappa shape index (κ1) is 15.9. The Labute approximate surface area is 142 Å². The fourth-order valence-corrected chi connectivity index (χ4v) is 2.60. The number of hydrogen-bond donors (Lipinski definition) is 1. The van der Waals surface area contributed by atoms with Crippen molar-refractivity contribution in [3.8, 4) is 11.1 Å². The van der Waals surface area contributed by atoms with Crippen LogP contribution in [0.4, 0.5) is 5.69 Å². The number of benzene rings is 2. The third kappa shape index (κ3) is 3.51. The number of nitrogens with zero attached hydrogens (tertiary/aromatic N) is 1. The lowest BCUT2D eigenvalue weighted by Gasteiger charge is -2.13. The van der Waals surface area contributed by atoms with Gasteiger partial charge >= 0.3 is 0 Å². The summed E-state index contributed by atoms with van der Waals surface area (Å²) >= 11 is 0. The van der Waals surface area contributed by atoms with E-state index in [1.165, 1.54) is 5.56 Å². The monoisotopic (exact) mass is 317 g/mol. The number of rotatable bonds is 4. The van der Waals surface area contributed by atoms with Gasteiger partial charge in [0.25, 0.3) is 5.91 Å². The molecule has 2 aromatic carbocycles. The van der Waals surface area contributed by atoms with Gasteiger partial charge in [-0.1, -0.05) is 48.5 Å². The maximum Gasteiger partial charge on any atom is 0.293 e. The molecule has 1 atom stereocenters. The number of anilines is 1. The van der Waals surface area contributed by atoms with Gasteiger partial charge in [0.05, 0.1) is 0 Å². The fourth-order valence-electron chi connectivity index (χ4n) is 2.60. The van der Waals surface area contributed by atoms with E-state index in [0.717, 1.165) is 16.8 Å². The van der Waals surface area contributed by atoms with E-state index in [1.807, 2.05) is 97.5 Å². The molecule has 0 fully saturated rings. The zero-order chi connectivity index (χ0) is 16.9. The maximum absolute atomic E-state index is 12.6. The molecule has 0 aliphatic heterocycles. The summed E-state index contributed by atoms with van der Waals surface area (Å²) in [7, 11) is 0. The molecule has 0 unspecified atom stereocenters. The molecule has 0 spiro atoms. The Hall–Kier alpha value is -2.94.